The number of carbonyl (C=O) groups is 1. The Labute approximate surface area is 151 Å². The first kappa shape index (κ1) is 18.3. The average molecular weight is 386 g/mol. The standard InChI is InChI=1S/C17H15ClF3N3O2/c1-2-4-11-13(16(25)26)12(9-7-22-24-15(9)23-11)8-5-3-6-10(14(8)18)17(19,20)21/h3,5-7,12H,2,4H2,1H3,(H,25,26)(H2,22,23,24). The highest BCUT2D eigenvalue weighted by Gasteiger charge is 2.39. The van der Waals surface area contributed by atoms with E-state index < -0.39 is 28.6 Å². The summed E-state index contributed by atoms with van der Waals surface area (Å²) in [5, 5.41) is 18.9. The molecule has 1 unspecified atom stereocenters. The van der Waals surface area contributed by atoms with Crippen molar-refractivity contribution in [3.63, 3.8) is 0 Å². The van der Waals surface area contributed by atoms with Crippen LogP contribution in [0, 0.1) is 0 Å². The molecular weight excluding hydrogens is 371 g/mol. The van der Waals surface area contributed by atoms with Crippen molar-refractivity contribution in [3.8, 4) is 0 Å². The van der Waals surface area contributed by atoms with Crippen LogP contribution >= 0.6 is 11.6 Å². The summed E-state index contributed by atoms with van der Waals surface area (Å²) in [6.45, 7) is 1.88. The maximum absolute atomic E-state index is 13.2. The Kier molecular flexibility index (Phi) is 4.70. The van der Waals surface area contributed by atoms with E-state index in [1.54, 1.807) is 0 Å². The second-order valence-corrected chi connectivity index (χ2v) is 6.29. The SMILES string of the molecule is CCCC1=C(C(=O)O)C(c2cccc(C(F)(F)F)c2Cl)c2cn[nH]c2N1. The summed E-state index contributed by atoms with van der Waals surface area (Å²) in [5.41, 5.74) is -0.0839. The van der Waals surface area contributed by atoms with Crippen molar-refractivity contribution < 1.29 is 23.1 Å². The fourth-order valence-electron chi connectivity index (χ4n) is 3.18. The minimum atomic E-state index is -4.64. The number of allylic oxidation sites excluding steroid dienone is 1. The molecule has 0 bridgehead atoms. The molecule has 1 aromatic heterocycles. The summed E-state index contributed by atoms with van der Waals surface area (Å²) in [6.07, 6.45) is -2.16. The van der Waals surface area contributed by atoms with Gasteiger partial charge in [-0.15, -0.1) is 0 Å². The monoisotopic (exact) mass is 385 g/mol. The fraction of sp³-hybridized carbons (Fsp3) is 0.294. The van der Waals surface area contributed by atoms with Crippen LogP contribution in [-0.4, -0.2) is 21.3 Å². The van der Waals surface area contributed by atoms with E-state index in [1.165, 1.54) is 18.3 Å². The van der Waals surface area contributed by atoms with Gasteiger partial charge in [0.2, 0.25) is 0 Å². The fourth-order valence-corrected chi connectivity index (χ4v) is 3.52. The first-order valence-corrected chi connectivity index (χ1v) is 8.25. The Morgan fingerprint density at radius 1 is 1.35 bits per heavy atom. The number of rotatable bonds is 4. The average Bonchev–Trinajstić information content (AvgIpc) is 3.01. The van der Waals surface area contributed by atoms with Gasteiger partial charge in [-0.3, -0.25) is 5.10 Å². The molecule has 0 spiro atoms. The minimum Gasteiger partial charge on any atom is -0.478 e. The Bertz CT molecular complexity index is 890. The van der Waals surface area contributed by atoms with Gasteiger partial charge in [-0.05, 0) is 18.1 Å². The zero-order valence-electron chi connectivity index (χ0n) is 13.6. The minimum absolute atomic E-state index is 0.0259. The van der Waals surface area contributed by atoms with Gasteiger partial charge in [-0.2, -0.15) is 18.3 Å². The van der Waals surface area contributed by atoms with Crippen molar-refractivity contribution in [3.05, 3.63) is 57.4 Å². The van der Waals surface area contributed by atoms with Gasteiger partial charge in [0.15, 0.2) is 0 Å². The van der Waals surface area contributed by atoms with E-state index in [1.807, 2.05) is 6.92 Å². The molecule has 0 saturated heterocycles. The molecule has 0 amide bonds. The number of benzene rings is 1. The van der Waals surface area contributed by atoms with Crippen LogP contribution in [0.1, 0.15) is 42.4 Å². The summed E-state index contributed by atoms with van der Waals surface area (Å²) in [4.78, 5) is 12.0. The van der Waals surface area contributed by atoms with E-state index in [-0.39, 0.29) is 11.1 Å². The number of nitrogens with one attached hydrogen (secondary N) is 2. The normalized spacial score (nSPS) is 17.0. The van der Waals surface area contributed by atoms with Gasteiger partial charge in [-0.1, -0.05) is 37.1 Å². The van der Waals surface area contributed by atoms with Crippen LogP contribution in [0.3, 0.4) is 0 Å². The third-order valence-corrected chi connectivity index (χ3v) is 4.67. The van der Waals surface area contributed by atoms with Crippen LogP contribution in [0.5, 0.6) is 0 Å². The Morgan fingerprint density at radius 2 is 2.08 bits per heavy atom. The van der Waals surface area contributed by atoms with Gasteiger partial charge in [0.05, 0.1) is 22.4 Å². The van der Waals surface area contributed by atoms with Crippen molar-refractivity contribution in [2.75, 3.05) is 5.32 Å². The number of nitrogens with zero attached hydrogens (tertiary/aromatic N) is 1. The number of aromatic amines is 1. The number of carboxylic acids is 1. The first-order valence-electron chi connectivity index (χ1n) is 7.87. The molecule has 1 aliphatic heterocycles. The lowest BCUT2D eigenvalue weighted by Gasteiger charge is -2.28. The maximum atomic E-state index is 13.2. The molecule has 1 aliphatic rings. The number of carboxylic acid groups (broad SMARTS) is 1. The Hall–Kier alpha value is -2.48. The summed E-state index contributed by atoms with van der Waals surface area (Å²) in [5.74, 6) is -1.72. The van der Waals surface area contributed by atoms with Gasteiger partial charge in [0.1, 0.15) is 5.82 Å². The molecule has 3 N–H and O–H groups in total. The van der Waals surface area contributed by atoms with E-state index in [9.17, 15) is 23.1 Å². The smallest absolute Gasteiger partial charge is 0.417 e. The van der Waals surface area contributed by atoms with Gasteiger partial charge in [-0.25, -0.2) is 4.79 Å². The molecule has 1 atom stereocenters. The molecule has 138 valence electrons. The topological polar surface area (TPSA) is 78.0 Å². The van der Waals surface area contributed by atoms with Crippen molar-refractivity contribution >= 4 is 23.4 Å². The number of aliphatic carboxylic acids is 1. The molecule has 26 heavy (non-hydrogen) atoms. The van der Waals surface area contributed by atoms with Crippen molar-refractivity contribution in [2.45, 2.75) is 31.9 Å². The van der Waals surface area contributed by atoms with E-state index in [0.717, 1.165) is 6.07 Å². The quantitative estimate of drug-likeness (QED) is 0.708. The van der Waals surface area contributed by atoms with Gasteiger partial charge >= 0.3 is 12.1 Å². The molecule has 0 fully saturated rings. The molecule has 5 nitrogen and oxygen atoms in total. The predicted octanol–water partition coefficient (Wildman–Crippen LogP) is 4.78. The van der Waals surface area contributed by atoms with Crippen LogP contribution in [0.25, 0.3) is 0 Å². The van der Waals surface area contributed by atoms with Crippen LogP contribution in [0.15, 0.2) is 35.7 Å². The Balaban J connectivity index is 2.27. The molecule has 2 aromatic rings. The molecule has 2 heterocycles. The third kappa shape index (κ3) is 3.05. The number of aromatic nitrogens is 2. The van der Waals surface area contributed by atoms with Gasteiger partial charge in [0.25, 0.3) is 0 Å². The van der Waals surface area contributed by atoms with Gasteiger partial charge < -0.3 is 10.4 Å². The number of H-pyrrole nitrogens is 1. The largest absolute Gasteiger partial charge is 0.478 e. The highest BCUT2D eigenvalue weighted by Crippen LogP contribution is 2.46. The number of alkyl halides is 3. The number of hydrogen-bond acceptors (Lipinski definition) is 3. The Morgan fingerprint density at radius 3 is 2.69 bits per heavy atom. The molecule has 0 saturated carbocycles. The molecule has 0 radical (unpaired) electrons. The van der Waals surface area contributed by atoms with E-state index in [4.69, 9.17) is 11.6 Å². The van der Waals surface area contributed by atoms with Gasteiger partial charge in [0, 0.05) is 17.2 Å². The zero-order chi connectivity index (χ0) is 19.1. The lowest BCUT2D eigenvalue weighted by atomic mass is 9.81. The lowest BCUT2D eigenvalue weighted by molar-refractivity contribution is -0.137. The van der Waals surface area contributed by atoms with Crippen molar-refractivity contribution in [2.24, 2.45) is 0 Å². The number of fused-ring (bicyclic) bond motifs is 1. The molecule has 0 aliphatic carbocycles. The zero-order valence-corrected chi connectivity index (χ0v) is 14.4. The second-order valence-electron chi connectivity index (χ2n) is 5.91. The number of hydrogen-bond donors (Lipinski definition) is 3. The van der Waals surface area contributed by atoms with E-state index >= 15 is 0 Å². The molecule has 9 heteroatoms. The van der Waals surface area contributed by atoms with E-state index in [0.29, 0.717) is 29.9 Å². The highest BCUT2D eigenvalue weighted by molar-refractivity contribution is 6.32. The van der Waals surface area contributed by atoms with Crippen molar-refractivity contribution in [1.82, 2.24) is 10.2 Å². The van der Waals surface area contributed by atoms with E-state index in [2.05, 4.69) is 15.5 Å². The molecule has 3 rings (SSSR count). The van der Waals surface area contributed by atoms with Crippen LogP contribution in [0.2, 0.25) is 5.02 Å². The molecular formula is C17H15ClF3N3O2. The van der Waals surface area contributed by atoms with Crippen LogP contribution in [0.4, 0.5) is 19.0 Å². The van der Waals surface area contributed by atoms with Crippen LogP contribution < -0.4 is 5.32 Å². The molecule has 1 aromatic carbocycles. The number of halogens is 4. The predicted molar refractivity (Wildman–Crippen MR) is 90.1 cm³/mol. The first-order chi connectivity index (χ1) is 12.3. The number of anilines is 1. The summed E-state index contributed by atoms with van der Waals surface area (Å²) < 4.78 is 39.7. The third-order valence-electron chi connectivity index (χ3n) is 4.24. The second kappa shape index (κ2) is 6.68. The summed E-state index contributed by atoms with van der Waals surface area (Å²) in [6, 6.07) is 3.52. The lowest BCUT2D eigenvalue weighted by Crippen LogP contribution is -2.24. The summed E-state index contributed by atoms with van der Waals surface area (Å²) in [7, 11) is 0. The van der Waals surface area contributed by atoms with Crippen molar-refractivity contribution in [1.29, 1.82) is 0 Å². The highest BCUT2D eigenvalue weighted by atomic mass is 35.5. The summed E-state index contributed by atoms with van der Waals surface area (Å²) >= 11 is 6.07. The maximum Gasteiger partial charge on any atom is 0.417 e. The van der Waals surface area contributed by atoms with Crippen LogP contribution in [-0.2, 0) is 11.0 Å².